The Bertz CT molecular complexity index is 1040. The minimum absolute atomic E-state index is 0.211. The van der Waals surface area contributed by atoms with E-state index in [-0.39, 0.29) is 11.5 Å². The van der Waals surface area contributed by atoms with Gasteiger partial charge in [0.05, 0.1) is 10.5 Å². The number of fused-ring (bicyclic) bond motifs is 3. The molecule has 0 atom stereocenters. The van der Waals surface area contributed by atoms with Crippen LogP contribution in [0.5, 0.6) is 0 Å². The SMILES string of the molecule is CN/C=C\C(=N)C(=O)Nc1ccc2c3cc(Cl)cc(Cl)c3n(Cl)c2n1. The molecule has 2 aromatic heterocycles. The summed E-state index contributed by atoms with van der Waals surface area (Å²) in [5.74, 6) is -0.316. The predicted molar refractivity (Wildman–Crippen MR) is 103 cm³/mol. The number of carbonyl (C=O) groups excluding carboxylic acids is 1. The molecule has 0 unspecified atom stereocenters. The third-order valence-electron chi connectivity index (χ3n) is 3.48. The lowest BCUT2D eigenvalue weighted by Gasteiger charge is -2.04. The van der Waals surface area contributed by atoms with E-state index in [0.717, 1.165) is 10.8 Å². The van der Waals surface area contributed by atoms with Crippen LogP contribution in [0.2, 0.25) is 10.0 Å². The van der Waals surface area contributed by atoms with Gasteiger partial charge >= 0.3 is 0 Å². The van der Waals surface area contributed by atoms with Crippen LogP contribution < -0.4 is 10.6 Å². The number of anilines is 1. The molecule has 25 heavy (non-hydrogen) atoms. The minimum atomic E-state index is -0.586. The average Bonchev–Trinajstić information content (AvgIpc) is 2.85. The average molecular weight is 397 g/mol. The van der Waals surface area contributed by atoms with Crippen molar-refractivity contribution in [3.63, 3.8) is 0 Å². The molecule has 6 nitrogen and oxygen atoms in total. The summed E-state index contributed by atoms with van der Waals surface area (Å²) >= 11 is 18.6. The van der Waals surface area contributed by atoms with Gasteiger partial charge in [-0.2, -0.15) is 0 Å². The number of halogens is 3. The Kier molecular flexibility index (Phi) is 4.85. The van der Waals surface area contributed by atoms with E-state index < -0.39 is 5.91 Å². The zero-order valence-corrected chi connectivity index (χ0v) is 15.2. The number of benzene rings is 1. The van der Waals surface area contributed by atoms with Gasteiger partial charge in [-0.3, -0.25) is 10.2 Å². The van der Waals surface area contributed by atoms with Crippen LogP contribution in [0.3, 0.4) is 0 Å². The van der Waals surface area contributed by atoms with Gasteiger partial charge < -0.3 is 10.6 Å². The fraction of sp³-hybridized carbons (Fsp3) is 0.0625. The number of carbonyl (C=O) groups is 1. The molecular formula is C16H12Cl3N5O. The molecule has 0 fully saturated rings. The van der Waals surface area contributed by atoms with Crippen molar-refractivity contribution in [2.24, 2.45) is 0 Å². The smallest absolute Gasteiger partial charge is 0.274 e. The van der Waals surface area contributed by atoms with Crippen LogP contribution in [0.4, 0.5) is 5.82 Å². The van der Waals surface area contributed by atoms with E-state index in [1.54, 1.807) is 31.3 Å². The highest BCUT2D eigenvalue weighted by molar-refractivity contribution is 6.46. The molecule has 0 saturated heterocycles. The molecule has 0 spiro atoms. The van der Waals surface area contributed by atoms with Crippen LogP contribution in [0.15, 0.2) is 36.5 Å². The summed E-state index contributed by atoms with van der Waals surface area (Å²) in [5, 5.41) is 15.3. The first-order valence-corrected chi connectivity index (χ1v) is 8.22. The molecule has 1 amide bonds. The van der Waals surface area contributed by atoms with Gasteiger partial charge in [0.25, 0.3) is 5.91 Å². The van der Waals surface area contributed by atoms with Crippen LogP contribution in [-0.2, 0) is 4.79 Å². The Hall–Kier alpha value is -2.28. The number of hydrogen-bond donors (Lipinski definition) is 3. The summed E-state index contributed by atoms with van der Waals surface area (Å²) < 4.78 is 1.32. The van der Waals surface area contributed by atoms with Gasteiger partial charge in [-0.05, 0) is 36.5 Å². The molecule has 0 radical (unpaired) electrons. The fourth-order valence-corrected chi connectivity index (χ4v) is 3.31. The number of aromatic nitrogens is 2. The van der Waals surface area contributed by atoms with E-state index in [2.05, 4.69) is 15.6 Å². The maximum Gasteiger partial charge on any atom is 0.274 e. The zero-order chi connectivity index (χ0) is 18.1. The van der Waals surface area contributed by atoms with Gasteiger partial charge in [0.1, 0.15) is 11.5 Å². The second-order valence-electron chi connectivity index (χ2n) is 5.12. The van der Waals surface area contributed by atoms with E-state index in [1.807, 2.05) is 0 Å². The van der Waals surface area contributed by atoms with E-state index in [0.29, 0.717) is 21.2 Å². The first kappa shape index (κ1) is 17.5. The van der Waals surface area contributed by atoms with E-state index in [4.69, 9.17) is 40.4 Å². The molecule has 3 rings (SSSR count). The van der Waals surface area contributed by atoms with E-state index >= 15 is 0 Å². The van der Waals surface area contributed by atoms with Crippen LogP contribution in [0, 0.1) is 5.41 Å². The third-order valence-corrected chi connectivity index (χ3v) is 4.31. The Labute approximate surface area is 158 Å². The molecule has 3 aromatic rings. The highest BCUT2D eigenvalue weighted by atomic mass is 35.5. The van der Waals surface area contributed by atoms with Crippen molar-refractivity contribution in [2.45, 2.75) is 0 Å². The molecule has 3 N–H and O–H groups in total. The topological polar surface area (TPSA) is 82.8 Å². The monoisotopic (exact) mass is 395 g/mol. The second kappa shape index (κ2) is 6.92. The lowest BCUT2D eigenvalue weighted by atomic mass is 10.2. The van der Waals surface area contributed by atoms with Crippen molar-refractivity contribution in [3.8, 4) is 0 Å². The summed E-state index contributed by atoms with van der Waals surface area (Å²) in [4.78, 5) is 16.3. The summed E-state index contributed by atoms with van der Waals surface area (Å²) in [6.07, 6.45) is 2.83. The van der Waals surface area contributed by atoms with Crippen molar-refractivity contribution < 1.29 is 4.79 Å². The van der Waals surface area contributed by atoms with Crippen molar-refractivity contribution in [3.05, 3.63) is 46.6 Å². The molecule has 0 bridgehead atoms. The summed E-state index contributed by atoms with van der Waals surface area (Å²) in [6, 6.07) is 6.74. The van der Waals surface area contributed by atoms with Crippen molar-refractivity contribution in [1.29, 1.82) is 5.41 Å². The standard InChI is InChI=1S/C16H12Cl3N5O/c1-21-5-4-12(20)16(25)23-13-3-2-9-10-6-8(17)7-11(18)14(10)24(19)15(9)22-13/h2-7,20-21H,1H3,(H,22,23,25)/b5-4-,20-12?. The Morgan fingerprint density at radius 3 is 2.76 bits per heavy atom. The third kappa shape index (κ3) is 3.28. The molecule has 1 aromatic carbocycles. The number of pyridine rings is 1. The first-order chi connectivity index (χ1) is 11.9. The minimum Gasteiger partial charge on any atom is -0.394 e. The molecule has 0 aliphatic rings. The van der Waals surface area contributed by atoms with Gasteiger partial charge in [0.2, 0.25) is 0 Å². The normalized spacial score (nSPS) is 11.4. The molecule has 0 aliphatic heterocycles. The lowest BCUT2D eigenvalue weighted by molar-refractivity contribution is -0.110. The predicted octanol–water partition coefficient (Wildman–Crippen LogP) is 4.19. The van der Waals surface area contributed by atoms with Gasteiger partial charge in [-0.1, -0.05) is 23.2 Å². The Morgan fingerprint density at radius 1 is 1.28 bits per heavy atom. The largest absolute Gasteiger partial charge is 0.394 e. The number of nitrogens with zero attached hydrogens (tertiary/aromatic N) is 2. The molecule has 0 saturated carbocycles. The Balaban J connectivity index is 2.03. The molecule has 128 valence electrons. The summed E-state index contributed by atoms with van der Waals surface area (Å²) in [7, 11) is 1.67. The van der Waals surface area contributed by atoms with Crippen LogP contribution in [0.25, 0.3) is 21.9 Å². The maximum atomic E-state index is 12.0. The van der Waals surface area contributed by atoms with Crippen molar-refractivity contribution in [2.75, 3.05) is 12.4 Å². The first-order valence-electron chi connectivity index (χ1n) is 7.12. The highest BCUT2D eigenvalue weighted by Crippen LogP contribution is 2.36. The fourth-order valence-electron chi connectivity index (χ4n) is 2.38. The molecule has 0 aliphatic carbocycles. The quantitative estimate of drug-likeness (QED) is 0.578. The number of nitrogens with one attached hydrogen (secondary N) is 3. The highest BCUT2D eigenvalue weighted by Gasteiger charge is 2.16. The Morgan fingerprint density at radius 2 is 2.04 bits per heavy atom. The lowest BCUT2D eigenvalue weighted by Crippen LogP contribution is -2.21. The second-order valence-corrected chi connectivity index (χ2v) is 6.30. The van der Waals surface area contributed by atoms with Crippen LogP contribution in [0.1, 0.15) is 0 Å². The van der Waals surface area contributed by atoms with Crippen LogP contribution in [-0.4, -0.2) is 27.7 Å². The number of rotatable bonds is 4. The number of amides is 1. The van der Waals surface area contributed by atoms with E-state index in [1.165, 1.54) is 16.4 Å². The van der Waals surface area contributed by atoms with Gasteiger partial charge in [0.15, 0.2) is 5.65 Å². The summed E-state index contributed by atoms with van der Waals surface area (Å²) in [5.41, 5.74) is 0.803. The maximum absolute atomic E-state index is 12.0. The van der Waals surface area contributed by atoms with Crippen molar-refractivity contribution >= 4 is 74.4 Å². The molecule has 2 heterocycles. The number of hydrogen-bond acceptors (Lipinski definition) is 4. The summed E-state index contributed by atoms with van der Waals surface area (Å²) in [6.45, 7) is 0. The van der Waals surface area contributed by atoms with Crippen molar-refractivity contribution in [1.82, 2.24) is 14.4 Å². The van der Waals surface area contributed by atoms with Crippen LogP contribution >= 0.6 is 35.0 Å². The van der Waals surface area contributed by atoms with Gasteiger partial charge in [0, 0.05) is 34.6 Å². The van der Waals surface area contributed by atoms with Gasteiger partial charge in [-0.25, -0.2) is 9.07 Å². The van der Waals surface area contributed by atoms with E-state index in [9.17, 15) is 4.79 Å². The molecular weight excluding hydrogens is 385 g/mol. The zero-order valence-electron chi connectivity index (χ0n) is 12.9. The van der Waals surface area contributed by atoms with Gasteiger partial charge in [-0.15, -0.1) is 0 Å². The molecule has 9 heteroatoms.